The van der Waals surface area contributed by atoms with Gasteiger partial charge in [0, 0.05) is 6.04 Å². The van der Waals surface area contributed by atoms with Crippen molar-refractivity contribution in [2.45, 2.75) is 71.3 Å². The molecule has 0 radical (unpaired) electrons. The van der Waals surface area contributed by atoms with Gasteiger partial charge in [-0.05, 0) is 58.0 Å². The highest BCUT2D eigenvalue weighted by Crippen LogP contribution is 2.43. The Labute approximate surface area is 95.2 Å². The average Bonchev–Trinajstić information content (AvgIpc) is 2.45. The van der Waals surface area contributed by atoms with Crippen LogP contribution in [0.1, 0.15) is 65.2 Å². The van der Waals surface area contributed by atoms with Crippen molar-refractivity contribution in [3.63, 3.8) is 0 Å². The Kier molecular flexibility index (Phi) is 3.71. The molecule has 2 aliphatic rings. The van der Waals surface area contributed by atoms with Gasteiger partial charge in [0.1, 0.15) is 0 Å². The SMILES string of the molecule is CC(C)N1CCC2(CCCCCC2)CC1. The Balaban J connectivity index is 1.89. The number of rotatable bonds is 1. The molecule has 0 N–H and O–H groups in total. The molecule has 1 aliphatic heterocycles. The molecule has 2 fully saturated rings. The Bertz CT molecular complexity index is 180. The highest BCUT2D eigenvalue weighted by molar-refractivity contribution is 4.88. The number of piperidine rings is 1. The summed E-state index contributed by atoms with van der Waals surface area (Å²) in [5.74, 6) is 0. The van der Waals surface area contributed by atoms with E-state index in [0.29, 0.717) is 0 Å². The van der Waals surface area contributed by atoms with Gasteiger partial charge in [-0.3, -0.25) is 0 Å². The van der Waals surface area contributed by atoms with Gasteiger partial charge in [0.2, 0.25) is 0 Å². The monoisotopic (exact) mass is 209 g/mol. The predicted octanol–water partition coefficient (Wildman–Crippen LogP) is 3.83. The fourth-order valence-electron chi connectivity index (χ4n) is 3.49. The van der Waals surface area contributed by atoms with Gasteiger partial charge in [-0.25, -0.2) is 0 Å². The van der Waals surface area contributed by atoms with E-state index in [9.17, 15) is 0 Å². The van der Waals surface area contributed by atoms with Gasteiger partial charge in [0.15, 0.2) is 0 Å². The van der Waals surface area contributed by atoms with Crippen LogP contribution in [0.3, 0.4) is 0 Å². The third-order valence-electron chi connectivity index (χ3n) is 4.75. The van der Waals surface area contributed by atoms with Crippen molar-refractivity contribution in [3.05, 3.63) is 0 Å². The number of hydrogen-bond donors (Lipinski definition) is 0. The van der Waals surface area contributed by atoms with Gasteiger partial charge in [-0.1, -0.05) is 25.7 Å². The Morgan fingerprint density at radius 2 is 1.33 bits per heavy atom. The smallest absolute Gasteiger partial charge is 0.00385 e. The summed E-state index contributed by atoms with van der Waals surface area (Å²) < 4.78 is 0. The van der Waals surface area contributed by atoms with Gasteiger partial charge in [-0.15, -0.1) is 0 Å². The van der Waals surface area contributed by atoms with Crippen LogP contribution < -0.4 is 0 Å². The molecule has 1 spiro atoms. The van der Waals surface area contributed by atoms with Crippen LogP contribution in [0, 0.1) is 5.41 Å². The highest BCUT2D eigenvalue weighted by Gasteiger charge is 2.34. The Morgan fingerprint density at radius 1 is 0.800 bits per heavy atom. The average molecular weight is 209 g/mol. The van der Waals surface area contributed by atoms with E-state index in [1.807, 2.05) is 0 Å². The van der Waals surface area contributed by atoms with E-state index in [2.05, 4.69) is 18.7 Å². The highest BCUT2D eigenvalue weighted by atomic mass is 15.2. The topological polar surface area (TPSA) is 3.24 Å². The zero-order chi connectivity index (χ0) is 10.7. The lowest BCUT2D eigenvalue weighted by Crippen LogP contribution is -2.43. The standard InChI is InChI=1S/C14H27N/c1-13(2)15-11-9-14(10-12-15)7-5-3-4-6-8-14/h13H,3-12H2,1-2H3. The van der Waals surface area contributed by atoms with E-state index in [4.69, 9.17) is 0 Å². The molecule has 1 saturated carbocycles. The van der Waals surface area contributed by atoms with E-state index >= 15 is 0 Å². The van der Waals surface area contributed by atoms with E-state index in [1.165, 1.54) is 64.5 Å². The minimum Gasteiger partial charge on any atom is -0.301 e. The summed E-state index contributed by atoms with van der Waals surface area (Å²) in [7, 11) is 0. The summed E-state index contributed by atoms with van der Waals surface area (Å²) in [5, 5.41) is 0. The van der Waals surface area contributed by atoms with Crippen molar-refractivity contribution in [2.75, 3.05) is 13.1 Å². The molecule has 0 aromatic carbocycles. The van der Waals surface area contributed by atoms with Gasteiger partial charge < -0.3 is 4.90 Å². The minimum absolute atomic E-state index is 0.758. The molecule has 0 aromatic heterocycles. The normalized spacial score (nSPS) is 28.2. The molecule has 15 heavy (non-hydrogen) atoms. The van der Waals surface area contributed by atoms with Crippen molar-refractivity contribution in [3.8, 4) is 0 Å². The van der Waals surface area contributed by atoms with Gasteiger partial charge in [0.05, 0.1) is 0 Å². The van der Waals surface area contributed by atoms with Crippen LogP contribution in [0.15, 0.2) is 0 Å². The first kappa shape index (κ1) is 11.4. The molecular formula is C14H27N. The van der Waals surface area contributed by atoms with Crippen molar-refractivity contribution < 1.29 is 0 Å². The summed E-state index contributed by atoms with van der Waals surface area (Å²) in [6, 6.07) is 0.758. The summed E-state index contributed by atoms with van der Waals surface area (Å²) in [5.41, 5.74) is 0.766. The van der Waals surface area contributed by atoms with Crippen LogP contribution >= 0.6 is 0 Å². The molecule has 0 aromatic rings. The Morgan fingerprint density at radius 3 is 1.80 bits per heavy atom. The third-order valence-corrected chi connectivity index (χ3v) is 4.75. The first-order chi connectivity index (χ1) is 7.22. The van der Waals surface area contributed by atoms with E-state index in [-0.39, 0.29) is 0 Å². The zero-order valence-corrected chi connectivity index (χ0v) is 10.6. The van der Waals surface area contributed by atoms with Crippen molar-refractivity contribution in [1.29, 1.82) is 0 Å². The lowest BCUT2D eigenvalue weighted by Gasteiger charge is -2.43. The molecule has 0 unspecified atom stereocenters. The first-order valence-electron chi connectivity index (χ1n) is 6.96. The van der Waals surface area contributed by atoms with Gasteiger partial charge >= 0.3 is 0 Å². The van der Waals surface area contributed by atoms with Gasteiger partial charge in [0.25, 0.3) is 0 Å². The molecule has 1 heteroatoms. The van der Waals surface area contributed by atoms with Crippen LogP contribution in [0.2, 0.25) is 0 Å². The zero-order valence-electron chi connectivity index (χ0n) is 10.6. The molecule has 0 bridgehead atoms. The molecule has 1 heterocycles. The summed E-state index contributed by atoms with van der Waals surface area (Å²) in [6.07, 6.45) is 12.0. The molecule has 0 atom stereocenters. The Hall–Kier alpha value is -0.0400. The van der Waals surface area contributed by atoms with Crippen LogP contribution in [0.4, 0.5) is 0 Å². The predicted molar refractivity (Wildman–Crippen MR) is 66.1 cm³/mol. The van der Waals surface area contributed by atoms with E-state index in [1.54, 1.807) is 0 Å². The maximum atomic E-state index is 2.66. The van der Waals surface area contributed by atoms with Crippen LogP contribution in [-0.2, 0) is 0 Å². The molecule has 0 amide bonds. The lowest BCUT2D eigenvalue weighted by atomic mass is 9.72. The fourth-order valence-corrected chi connectivity index (χ4v) is 3.49. The van der Waals surface area contributed by atoms with Crippen LogP contribution in [0.25, 0.3) is 0 Å². The summed E-state index contributed by atoms with van der Waals surface area (Å²) >= 11 is 0. The second-order valence-corrected chi connectivity index (χ2v) is 6.04. The first-order valence-corrected chi connectivity index (χ1v) is 6.96. The largest absolute Gasteiger partial charge is 0.301 e. The van der Waals surface area contributed by atoms with Crippen molar-refractivity contribution >= 4 is 0 Å². The number of nitrogens with zero attached hydrogens (tertiary/aromatic N) is 1. The molecule has 1 aliphatic carbocycles. The molecular weight excluding hydrogens is 182 g/mol. The lowest BCUT2D eigenvalue weighted by molar-refractivity contribution is 0.0705. The summed E-state index contributed by atoms with van der Waals surface area (Å²) in [4.78, 5) is 2.66. The van der Waals surface area contributed by atoms with E-state index in [0.717, 1.165) is 11.5 Å². The maximum Gasteiger partial charge on any atom is 0.00385 e. The molecule has 88 valence electrons. The van der Waals surface area contributed by atoms with Crippen molar-refractivity contribution in [2.24, 2.45) is 5.41 Å². The number of hydrogen-bond acceptors (Lipinski definition) is 1. The summed E-state index contributed by atoms with van der Waals surface area (Å²) in [6.45, 7) is 7.39. The van der Waals surface area contributed by atoms with Crippen molar-refractivity contribution in [1.82, 2.24) is 4.90 Å². The van der Waals surface area contributed by atoms with Gasteiger partial charge in [-0.2, -0.15) is 0 Å². The second kappa shape index (κ2) is 4.86. The molecule has 1 saturated heterocycles. The van der Waals surface area contributed by atoms with Crippen LogP contribution in [-0.4, -0.2) is 24.0 Å². The van der Waals surface area contributed by atoms with Crippen LogP contribution in [0.5, 0.6) is 0 Å². The van der Waals surface area contributed by atoms with E-state index < -0.39 is 0 Å². The third kappa shape index (κ3) is 2.75. The maximum absolute atomic E-state index is 2.66. The molecule has 1 nitrogen and oxygen atoms in total. The number of likely N-dealkylation sites (tertiary alicyclic amines) is 1. The quantitative estimate of drug-likeness (QED) is 0.634. The fraction of sp³-hybridized carbons (Fsp3) is 1.00. The minimum atomic E-state index is 0.758. The second-order valence-electron chi connectivity index (χ2n) is 6.04. The molecule has 2 rings (SSSR count).